The minimum Gasteiger partial charge on any atom is -0.546 e. The van der Waals surface area contributed by atoms with Crippen molar-refractivity contribution >= 4 is 11.8 Å². The molecule has 1 aromatic rings. The fourth-order valence-electron chi connectivity index (χ4n) is 3.01. The largest absolute Gasteiger partial charge is 1.00 e. The predicted octanol–water partition coefficient (Wildman–Crippen LogP) is -2.16. The molecular weight excluding hydrogens is 333 g/mol. The third kappa shape index (κ3) is 5.06. The third-order valence-electron chi connectivity index (χ3n) is 4.41. The van der Waals surface area contributed by atoms with Crippen LogP contribution in [0.15, 0.2) is 6.07 Å². The molecule has 0 bridgehead atoms. The van der Waals surface area contributed by atoms with E-state index in [0.29, 0.717) is 24.5 Å². The zero-order valence-electron chi connectivity index (χ0n) is 15.4. The molecule has 0 unspecified atom stereocenters. The third-order valence-corrected chi connectivity index (χ3v) is 4.41. The second kappa shape index (κ2) is 8.20. The summed E-state index contributed by atoms with van der Waals surface area (Å²) in [6.45, 7) is 7.57. The van der Waals surface area contributed by atoms with Gasteiger partial charge >= 0.3 is 29.6 Å². The maximum Gasteiger partial charge on any atom is 1.00 e. The molecule has 8 heteroatoms. The van der Waals surface area contributed by atoms with Crippen LogP contribution in [-0.4, -0.2) is 46.8 Å². The van der Waals surface area contributed by atoms with Crippen LogP contribution in [0.5, 0.6) is 5.88 Å². The van der Waals surface area contributed by atoms with Crippen molar-refractivity contribution in [2.45, 2.75) is 64.3 Å². The van der Waals surface area contributed by atoms with Gasteiger partial charge in [-0.3, -0.25) is 0 Å². The molecular formula is C17H24N3NaO4. The number of carboxylic acid groups (broad SMARTS) is 1. The second-order valence-electron chi connectivity index (χ2n) is 6.87. The Morgan fingerprint density at radius 2 is 1.96 bits per heavy atom. The van der Waals surface area contributed by atoms with Crippen molar-refractivity contribution in [1.82, 2.24) is 9.97 Å². The van der Waals surface area contributed by atoms with Gasteiger partial charge in [-0.1, -0.05) is 0 Å². The molecule has 25 heavy (non-hydrogen) atoms. The van der Waals surface area contributed by atoms with E-state index < -0.39 is 11.6 Å². The summed E-state index contributed by atoms with van der Waals surface area (Å²) >= 11 is 0. The number of aliphatic carboxylic acids is 1. The Balaban J connectivity index is 0.00000225. The summed E-state index contributed by atoms with van der Waals surface area (Å²) in [4.78, 5) is 22.0. The molecule has 1 saturated heterocycles. The standard InChI is InChI=1S/C17H25N3O4.Na/c1-11(2)23-13-4-8-20(9-5-13)14-10-15(19-12(3)18-14)24-17(6-7-17)16(21)22;/h10-11,13H,4-9H2,1-3H3,(H,21,22);/q;+1/p-1. The van der Waals surface area contributed by atoms with Crippen LogP contribution < -0.4 is 44.3 Å². The van der Waals surface area contributed by atoms with Crippen molar-refractivity contribution in [2.24, 2.45) is 0 Å². The Kier molecular flexibility index (Phi) is 6.70. The van der Waals surface area contributed by atoms with Crippen molar-refractivity contribution in [3.8, 4) is 5.88 Å². The van der Waals surface area contributed by atoms with Crippen molar-refractivity contribution < 1.29 is 48.9 Å². The van der Waals surface area contributed by atoms with Gasteiger partial charge in [0.05, 0.1) is 18.2 Å². The number of nitrogens with zero attached hydrogens (tertiary/aromatic N) is 3. The quantitative estimate of drug-likeness (QED) is 0.536. The number of carboxylic acids is 1. The summed E-state index contributed by atoms with van der Waals surface area (Å²) in [5.41, 5.74) is -1.20. The van der Waals surface area contributed by atoms with Crippen LogP contribution in [0.25, 0.3) is 0 Å². The number of hydrogen-bond acceptors (Lipinski definition) is 7. The zero-order chi connectivity index (χ0) is 17.3. The van der Waals surface area contributed by atoms with Gasteiger partial charge in [0, 0.05) is 19.2 Å². The van der Waals surface area contributed by atoms with Crippen molar-refractivity contribution in [3.05, 3.63) is 11.9 Å². The van der Waals surface area contributed by atoms with Crippen molar-refractivity contribution in [3.63, 3.8) is 0 Å². The van der Waals surface area contributed by atoms with Gasteiger partial charge in [-0.05, 0) is 46.5 Å². The molecule has 1 aliphatic heterocycles. The van der Waals surface area contributed by atoms with Gasteiger partial charge in [0.2, 0.25) is 5.88 Å². The smallest absolute Gasteiger partial charge is 0.546 e. The van der Waals surface area contributed by atoms with E-state index in [-0.39, 0.29) is 41.8 Å². The summed E-state index contributed by atoms with van der Waals surface area (Å²) in [7, 11) is 0. The molecule has 1 saturated carbocycles. The molecule has 132 valence electrons. The van der Waals surface area contributed by atoms with E-state index in [4.69, 9.17) is 9.47 Å². The van der Waals surface area contributed by atoms with E-state index in [1.54, 1.807) is 13.0 Å². The first-order valence-corrected chi connectivity index (χ1v) is 8.54. The molecule has 0 radical (unpaired) electrons. The fourth-order valence-corrected chi connectivity index (χ4v) is 3.01. The van der Waals surface area contributed by atoms with Crippen LogP contribution in [0, 0.1) is 6.92 Å². The maximum atomic E-state index is 11.2. The normalized spacial score (nSPS) is 19.4. The molecule has 1 aliphatic carbocycles. The summed E-state index contributed by atoms with van der Waals surface area (Å²) in [5.74, 6) is 0.471. The first-order chi connectivity index (χ1) is 11.4. The van der Waals surface area contributed by atoms with E-state index in [2.05, 4.69) is 28.7 Å². The van der Waals surface area contributed by atoms with E-state index in [1.807, 2.05) is 0 Å². The molecule has 0 aromatic carbocycles. The number of anilines is 1. The van der Waals surface area contributed by atoms with E-state index in [9.17, 15) is 9.90 Å². The number of ether oxygens (including phenoxy) is 2. The Hall–Kier alpha value is -0.890. The van der Waals surface area contributed by atoms with E-state index in [0.717, 1.165) is 31.7 Å². The minimum absolute atomic E-state index is 0. The average Bonchev–Trinajstić information content (AvgIpc) is 3.27. The van der Waals surface area contributed by atoms with Crippen LogP contribution in [0.3, 0.4) is 0 Å². The molecule has 7 nitrogen and oxygen atoms in total. The van der Waals surface area contributed by atoms with Crippen LogP contribution >= 0.6 is 0 Å². The Labute approximate surface area is 170 Å². The number of carbonyl (C=O) groups excluding carboxylic acids is 1. The fraction of sp³-hybridized carbons (Fsp3) is 0.706. The summed E-state index contributed by atoms with van der Waals surface area (Å²) in [6.07, 6.45) is 3.34. The van der Waals surface area contributed by atoms with Crippen LogP contribution in [0.1, 0.15) is 45.4 Å². The average molecular weight is 357 g/mol. The Morgan fingerprint density at radius 3 is 2.48 bits per heavy atom. The van der Waals surface area contributed by atoms with Crippen LogP contribution in [0.2, 0.25) is 0 Å². The van der Waals surface area contributed by atoms with Gasteiger partial charge < -0.3 is 24.3 Å². The van der Waals surface area contributed by atoms with Gasteiger partial charge in [0.25, 0.3) is 0 Å². The molecule has 0 spiro atoms. The second-order valence-corrected chi connectivity index (χ2v) is 6.87. The number of rotatable bonds is 6. The zero-order valence-corrected chi connectivity index (χ0v) is 17.4. The first kappa shape index (κ1) is 20.4. The Morgan fingerprint density at radius 1 is 1.32 bits per heavy atom. The van der Waals surface area contributed by atoms with Gasteiger partial charge in [-0.15, -0.1) is 0 Å². The number of aromatic nitrogens is 2. The molecule has 0 atom stereocenters. The van der Waals surface area contributed by atoms with Crippen molar-refractivity contribution in [1.29, 1.82) is 0 Å². The number of hydrogen-bond donors (Lipinski definition) is 0. The first-order valence-electron chi connectivity index (χ1n) is 8.54. The molecule has 3 rings (SSSR count). The molecule has 2 fully saturated rings. The van der Waals surface area contributed by atoms with E-state index >= 15 is 0 Å². The maximum absolute atomic E-state index is 11.2. The van der Waals surface area contributed by atoms with Crippen LogP contribution in [-0.2, 0) is 9.53 Å². The number of piperidine rings is 1. The minimum atomic E-state index is -1.20. The van der Waals surface area contributed by atoms with E-state index in [1.165, 1.54) is 0 Å². The molecule has 2 aliphatic rings. The Bertz CT molecular complexity index is 614. The molecule has 1 aromatic heterocycles. The van der Waals surface area contributed by atoms with Gasteiger partial charge in [0.15, 0.2) is 5.60 Å². The molecule has 2 heterocycles. The SMILES string of the molecule is Cc1nc(OC2(C(=O)[O-])CC2)cc(N2CCC(OC(C)C)CC2)n1.[Na+]. The monoisotopic (exact) mass is 357 g/mol. The summed E-state index contributed by atoms with van der Waals surface area (Å²) in [5, 5.41) is 11.2. The van der Waals surface area contributed by atoms with Gasteiger partial charge in [0.1, 0.15) is 11.6 Å². The number of carbonyl (C=O) groups is 1. The summed E-state index contributed by atoms with van der Waals surface area (Å²) in [6, 6.07) is 1.72. The van der Waals surface area contributed by atoms with Crippen molar-refractivity contribution in [2.75, 3.05) is 18.0 Å². The predicted molar refractivity (Wildman–Crippen MR) is 85.8 cm³/mol. The van der Waals surface area contributed by atoms with Crippen LogP contribution in [0.4, 0.5) is 5.82 Å². The number of aryl methyl sites for hydroxylation is 1. The van der Waals surface area contributed by atoms with Gasteiger partial charge in [-0.2, -0.15) is 4.98 Å². The molecule has 0 N–H and O–H groups in total. The summed E-state index contributed by atoms with van der Waals surface area (Å²) < 4.78 is 11.5. The molecule has 0 amide bonds. The topological polar surface area (TPSA) is 87.6 Å². The van der Waals surface area contributed by atoms with Gasteiger partial charge in [-0.25, -0.2) is 4.98 Å².